The lowest BCUT2D eigenvalue weighted by Gasteiger charge is -2.11. The predicted octanol–water partition coefficient (Wildman–Crippen LogP) is 3.04. The van der Waals surface area contributed by atoms with E-state index in [1.165, 1.54) is 0 Å². The molecule has 2 heterocycles. The molecule has 2 aromatic rings. The number of hydrogen-bond donors (Lipinski definition) is 1. The van der Waals surface area contributed by atoms with E-state index in [2.05, 4.69) is 10.3 Å². The zero-order chi connectivity index (χ0) is 13.8. The molecule has 0 bridgehead atoms. The Kier molecular flexibility index (Phi) is 4.43. The van der Waals surface area contributed by atoms with E-state index >= 15 is 0 Å². The molecule has 0 radical (unpaired) electrons. The molecular formula is C14H18ClN3O. The maximum atomic E-state index is 11.9. The number of nitrogens with zero attached hydrogens (tertiary/aromatic N) is 2. The van der Waals surface area contributed by atoms with Gasteiger partial charge >= 0.3 is 0 Å². The van der Waals surface area contributed by atoms with Crippen molar-refractivity contribution in [2.45, 2.75) is 33.2 Å². The lowest BCUT2D eigenvalue weighted by Crippen LogP contribution is -2.29. The number of halogens is 1. The van der Waals surface area contributed by atoms with E-state index in [-0.39, 0.29) is 11.8 Å². The second-order valence-electron chi connectivity index (χ2n) is 4.57. The average Bonchev–Trinajstić information content (AvgIpc) is 2.79. The van der Waals surface area contributed by atoms with E-state index < -0.39 is 0 Å². The third-order valence-corrected chi connectivity index (χ3v) is 3.51. The zero-order valence-electron chi connectivity index (χ0n) is 11.2. The summed E-state index contributed by atoms with van der Waals surface area (Å²) in [5.74, 6) is 0.187. The first-order chi connectivity index (χ1) is 9.13. The Bertz CT molecular complexity index is 575. The standard InChI is InChI=1S/C14H18ClN3O/c1-3-10(4-2)14(19)16-8-12-9-18-6-5-11(15)7-13(18)17-12/h5-7,9-10H,3-4,8H2,1-2H3,(H,16,19). The van der Waals surface area contributed by atoms with Gasteiger partial charge in [0.15, 0.2) is 0 Å². The maximum absolute atomic E-state index is 11.9. The van der Waals surface area contributed by atoms with Gasteiger partial charge < -0.3 is 9.72 Å². The van der Waals surface area contributed by atoms with Crippen LogP contribution in [-0.2, 0) is 11.3 Å². The van der Waals surface area contributed by atoms with Crippen LogP contribution in [0.5, 0.6) is 0 Å². The first-order valence-electron chi connectivity index (χ1n) is 6.54. The molecule has 0 aromatic carbocycles. The normalized spacial score (nSPS) is 11.2. The van der Waals surface area contributed by atoms with Gasteiger partial charge in [0.1, 0.15) is 5.65 Å². The summed E-state index contributed by atoms with van der Waals surface area (Å²) in [7, 11) is 0. The SMILES string of the molecule is CCC(CC)C(=O)NCc1cn2ccc(Cl)cc2n1. The van der Waals surface area contributed by atoms with Gasteiger partial charge in [-0.2, -0.15) is 0 Å². The Morgan fingerprint density at radius 3 is 2.89 bits per heavy atom. The van der Waals surface area contributed by atoms with Crippen molar-refractivity contribution in [1.82, 2.24) is 14.7 Å². The Balaban J connectivity index is 2.03. The van der Waals surface area contributed by atoms with Crippen molar-refractivity contribution in [3.63, 3.8) is 0 Å². The van der Waals surface area contributed by atoms with Gasteiger partial charge in [0.25, 0.3) is 0 Å². The molecule has 0 aliphatic heterocycles. The number of pyridine rings is 1. The highest BCUT2D eigenvalue weighted by Crippen LogP contribution is 2.13. The lowest BCUT2D eigenvalue weighted by atomic mass is 10.0. The molecule has 0 spiro atoms. The summed E-state index contributed by atoms with van der Waals surface area (Å²) in [6.07, 6.45) is 5.49. The molecule has 0 unspecified atom stereocenters. The maximum Gasteiger partial charge on any atom is 0.223 e. The monoisotopic (exact) mass is 279 g/mol. The number of nitrogens with one attached hydrogen (secondary N) is 1. The van der Waals surface area contributed by atoms with Crippen LogP contribution in [0.2, 0.25) is 5.02 Å². The van der Waals surface area contributed by atoms with Crippen LogP contribution in [0, 0.1) is 5.92 Å². The quantitative estimate of drug-likeness (QED) is 0.914. The Hall–Kier alpha value is -1.55. The molecular weight excluding hydrogens is 262 g/mol. The van der Waals surface area contributed by atoms with E-state index in [1.54, 1.807) is 6.07 Å². The predicted molar refractivity (Wildman–Crippen MR) is 76.1 cm³/mol. The van der Waals surface area contributed by atoms with Crippen molar-refractivity contribution < 1.29 is 4.79 Å². The average molecular weight is 280 g/mol. The molecule has 2 aromatic heterocycles. The Labute approximate surface area is 117 Å². The summed E-state index contributed by atoms with van der Waals surface area (Å²) in [5, 5.41) is 3.59. The van der Waals surface area contributed by atoms with Crippen LogP contribution in [0.4, 0.5) is 0 Å². The van der Waals surface area contributed by atoms with E-state index in [1.807, 2.05) is 36.7 Å². The van der Waals surface area contributed by atoms with Crippen LogP contribution in [-0.4, -0.2) is 15.3 Å². The number of amides is 1. The minimum absolute atomic E-state index is 0.0893. The summed E-state index contributed by atoms with van der Waals surface area (Å²) in [6, 6.07) is 3.61. The number of carbonyl (C=O) groups excluding carboxylic acids is 1. The molecule has 0 atom stereocenters. The Morgan fingerprint density at radius 2 is 2.21 bits per heavy atom. The third kappa shape index (κ3) is 3.26. The van der Waals surface area contributed by atoms with Gasteiger partial charge in [0.2, 0.25) is 5.91 Å². The highest BCUT2D eigenvalue weighted by molar-refractivity contribution is 6.30. The number of aromatic nitrogens is 2. The zero-order valence-corrected chi connectivity index (χ0v) is 11.9. The first-order valence-corrected chi connectivity index (χ1v) is 6.92. The van der Waals surface area contributed by atoms with E-state index in [0.717, 1.165) is 24.2 Å². The fraction of sp³-hybridized carbons (Fsp3) is 0.429. The molecule has 0 aliphatic carbocycles. The summed E-state index contributed by atoms with van der Waals surface area (Å²) >= 11 is 5.91. The summed E-state index contributed by atoms with van der Waals surface area (Å²) < 4.78 is 1.89. The van der Waals surface area contributed by atoms with Crippen LogP contribution in [0.15, 0.2) is 24.5 Å². The van der Waals surface area contributed by atoms with Crippen LogP contribution < -0.4 is 5.32 Å². The molecule has 0 saturated heterocycles. The second kappa shape index (κ2) is 6.06. The molecule has 2 rings (SSSR count). The fourth-order valence-electron chi connectivity index (χ4n) is 2.08. The van der Waals surface area contributed by atoms with Gasteiger partial charge in [0.05, 0.1) is 12.2 Å². The third-order valence-electron chi connectivity index (χ3n) is 3.27. The topological polar surface area (TPSA) is 46.4 Å². The molecule has 4 nitrogen and oxygen atoms in total. The van der Waals surface area contributed by atoms with Crippen LogP contribution in [0.25, 0.3) is 5.65 Å². The smallest absolute Gasteiger partial charge is 0.223 e. The van der Waals surface area contributed by atoms with Crippen LogP contribution in [0.1, 0.15) is 32.4 Å². The number of rotatable bonds is 5. The van der Waals surface area contributed by atoms with Gasteiger partial charge in [0, 0.05) is 23.3 Å². The Morgan fingerprint density at radius 1 is 1.47 bits per heavy atom. The molecule has 19 heavy (non-hydrogen) atoms. The van der Waals surface area contributed by atoms with Crippen LogP contribution in [0.3, 0.4) is 0 Å². The molecule has 0 aliphatic rings. The molecule has 1 N–H and O–H groups in total. The van der Waals surface area contributed by atoms with E-state index in [4.69, 9.17) is 11.6 Å². The van der Waals surface area contributed by atoms with Gasteiger partial charge in [-0.1, -0.05) is 25.4 Å². The minimum atomic E-state index is 0.0893. The highest BCUT2D eigenvalue weighted by Gasteiger charge is 2.13. The van der Waals surface area contributed by atoms with Crippen molar-refractivity contribution in [2.24, 2.45) is 5.92 Å². The summed E-state index contributed by atoms with van der Waals surface area (Å²) in [4.78, 5) is 16.3. The highest BCUT2D eigenvalue weighted by atomic mass is 35.5. The summed E-state index contributed by atoms with van der Waals surface area (Å²) in [6.45, 7) is 4.51. The van der Waals surface area contributed by atoms with Crippen molar-refractivity contribution in [3.8, 4) is 0 Å². The van der Waals surface area contributed by atoms with Gasteiger partial charge in [-0.05, 0) is 25.0 Å². The largest absolute Gasteiger partial charge is 0.350 e. The van der Waals surface area contributed by atoms with Gasteiger partial charge in [-0.15, -0.1) is 0 Å². The van der Waals surface area contributed by atoms with E-state index in [0.29, 0.717) is 11.6 Å². The van der Waals surface area contributed by atoms with Gasteiger partial charge in [-0.25, -0.2) is 4.98 Å². The fourth-order valence-corrected chi connectivity index (χ4v) is 2.23. The number of hydrogen-bond acceptors (Lipinski definition) is 2. The second-order valence-corrected chi connectivity index (χ2v) is 5.01. The van der Waals surface area contributed by atoms with Crippen LogP contribution >= 0.6 is 11.6 Å². The number of imidazole rings is 1. The summed E-state index contributed by atoms with van der Waals surface area (Å²) in [5.41, 5.74) is 1.63. The van der Waals surface area contributed by atoms with E-state index in [9.17, 15) is 4.79 Å². The number of fused-ring (bicyclic) bond motifs is 1. The first kappa shape index (κ1) is 13.9. The van der Waals surface area contributed by atoms with Crippen molar-refractivity contribution in [3.05, 3.63) is 35.2 Å². The van der Waals surface area contributed by atoms with Crippen molar-refractivity contribution in [1.29, 1.82) is 0 Å². The van der Waals surface area contributed by atoms with Crippen molar-refractivity contribution in [2.75, 3.05) is 0 Å². The molecule has 1 amide bonds. The lowest BCUT2D eigenvalue weighted by molar-refractivity contribution is -0.125. The molecule has 0 saturated carbocycles. The molecule has 102 valence electrons. The van der Waals surface area contributed by atoms with Gasteiger partial charge in [-0.3, -0.25) is 4.79 Å². The van der Waals surface area contributed by atoms with Crippen molar-refractivity contribution >= 4 is 23.2 Å². The molecule has 0 fully saturated rings. The number of carbonyl (C=O) groups is 1. The minimum Gasteiger partial charge on any atom is -0.350 e. The molecule has 5 heteroatoms.